The van der Waals surface area contributed by atoms with Gasteiger partial charge in [-0.1, -0.05) is 28.1 Å². The minimum absolute atomic E-state index is 0.238. The number of hydrogen-bond acceptors (Lipinski definition) is 7. The highest BCUT2D eigenvalue weighted by atomic mass is 79.9. The SMILES string of the molecule is CCOc1cc(C=Nn2c(-c3cc4cc(Br)ccc4o3)nc3ccccc3c2=O)cc(Br)c1O[C@H](C)C(=O)O. The molecule has 0 bridgehead atoms. The van der Waals surface area contributed by atoms with Crippen molar-refractivity contribution in [3.63, 3.8) is 0 Å². The van der Waals surface area contributed by atoms with Crippen LogP contribution in [-0.2, 0) is 4.79 Å². The van der Waals surface area contributed by atoms with E-state index in [1.165, 1.54) is 17.8 Å². The molecule has 3 aromatic carbocycles. The van der Waals surface area contributed by atoms with Gasteiger partial charge in [-0.25, -0.2) is 9.78 Å². The number of halogens is 2. The highest BCUT2D eigenvalue weighted by Gasteiger charge is 2.20. The third kappa shape index (κ3) is 5.45. The molecule has 11 heteroatoms. The maximum absolute atomic E-state index is 13.5. The zero-order chi connectivity index (χ0) is 27.7. The van der Waals surface area contributed by atoms with Crippen molar-refractivity contribution in [3.8, 4) is 23.1 Å². The van der Waals surface area contributed by atoms with E-state index in [-0.39, 0.29) is 17.1 Å². The molecule has 0 spiro atoms. The number of carboxylic acids is 1. The van der Waals surface area contributed by atoms with Gasteiger partial charge in [-0.3, -0.25) is 4.79 Å². The minimum Gasteiger partial charge on any atom is -0.490 e. The number of ether oxygens (including phenoxy) is 2. The van der Waals surface area contributed by atoms with Crippen molar-refractivity contribution in [2.24, 2.45) is 5.10 Å². The fourth-order valence-electron chi connectivity index (χ4n) is 3.91. The Hall–Kier alpha value is -3.96. The number of carbonyl (C=O) groups is 1. The normalized spacial score (nSPS) is 12.3. The first-order chi connectivity index (χ1) is 18.7. The van der Waals surface area contributed by atoms with Gasteiger partial charge in [-0.2, -0.15) is 9.78 Å². The second-order valence-electron chi connectivity index (χ2n) is 8.47. The average molecular weight is 655 g/mol. The van der Waals surface area contributed by atoms with Gasteiger partial charge in [0.05, 0.1) is 28.2 Å². The number of carboxylic acid groups (broad SMARTS) is 1. The van der Waals surface area contributed by atoms with E-state index in [2.05, 4.69) is 37.0 Å². The lowest BCUT2D eigenvalue weighted by Gasteiger charge is -2.17. The molecule has 0 amide bonds. The molecule has 0 saturated heterocycles. The summed E-state index contributed by atoms with van der Waals surface area (Å²) < 4.78 is 19.9. The van der Waals surface area contributed by atoms with Crippen LogP contribution in [0.1, 0.15) is 19.4 Å². The Morgan fingerprint density at radius 3 is 2.74 bits per heavy atom. The van der Waals surface area contributed by atoms with Crippen LogP contribution in [0.3, 0.4) is 0 Å². The predicted molar refractivity (Wildman–Crippen MR) is 155 cm³/mol. The highest BCUT2D eigenvalue weighted by Crippen LogP contribution is 2.37. The van der Waals surface area contributed by atoms with Crippen molar-refractivity contribution in [1.29, 1.82) is 0 Å². The first-order valence-electron chi connectivity index (χ1n) is 11.9. The Balaban J connectivity index is 1.63. The van der Waals surface area contributed by atoms with Crippen LogP contribution in [0.5, 0.6) is 11.5 Å². The lowest BCUT2D eigenvalue weighted by Crippen LogP contribution is -2.23. The molecule has 0 saturated carbocycles. The second kappa shape index (κ2) is 11.0. The van der Waals surface area contributed by atoms with Gasteiger partial charge in [0.1, 0.15) is 5.58 Å². The molecular formula is C28H21Br2N3O6. The quantitative estimate of drug-likeness (QED) is 0.191. The lowest BCUT2D eigenvalue weighted by atomic mass is 10.2. The number of fused-ring (bicyclic) bond motifs is 2. The summed E-state index contributed by atoms with van der Waals surface area (Å²) in [6, 6.07) is 17.8. The van der Waals surface area contributed by atoms with Crippen molar-refractivity contribution < 1.29 is 23.8 Å². The average Bonchev–Trinajstić information content (AvgIpc) is 3.33. The lowest BCUT2D eigenvalue weighted by molar-refractivity contribution is -0.144. The molecular weight excluding hydrogens is 634 g/mol. The molecule has 0 radical (unpaired) electrons. The van der Waals surface area contributed by atoms with Gasteiger partial charge in [-0.05, 0) is 83.9 Å². The van der Waals surface area contributed by atoms with E-state index in [4.69, 9.17) is 18.9 Å². The van der Waals surface area contributed by atoms with Crippen molar-refractivity contribution in [3.05, 3.63) is 85.5 Å². The molecule has 0 aliphatic heterocycles. The van der Waals surface area contributed by atoms with Gasteiger partial charge in [0.2, 0.25) is 5.82 Å². The summed E-state index contributed by atoms with van der Waals surface area (Å²) in [6.45, 7) is 3.56. The van der Waals surface area contributed by atoms with Crippen LogP contribution in [0.2, 0.25) is 0 Å². The van der Waals surface area contributed by atoms with Gasteiger partial charge in [-0.15, -0.1) is 0 Å². The van der Waals surface area contributed by atoms with Gasteiger partial charge >= 0.3 is 5.97 Å². The predicted octanol–water partition coefficient (Wildman–Crippen LogP) is 6.47. The van der Waals surface area contributed by atoms with E-state index >= 15 is 0 Å². The summed E-state index contributed by atoms with van der Waals surface area (Å²) in [4.78, 5) is 29.5. The van der Waals surface area contributed by atoms with Crippen LogP contribution < -0.4 is 15.0 Å². The Bertz CT molecular complexity index is 1810. The van der Waals surface area contributed by atoms with Crippen LogP contribution in [0.15, 0.2) is 83.9 Å². The summed E-state index contributed by atoms with van der Waals surface area (Å²) in [7, 11) is 0. The summed E-state index contributed by atoms with van der Waals surface area (Å²) in [5, 5.41) is 15.0. The van der Waals surface area contributed by atoms with Crippen LogP contribution in [0, 0.1) is 0 Å². The summed E-state index contributed by atoms with van der Waals surface area (Å²) in [6.07, 6.45) is 0.396. The Morgan fingerprint density at radius 2 is 1.97 bits per heavy atom. The van der Waals surface area contributed by atoms with Gasteiger partial charge in [0.15, 0.2) is 23.4 Å². The van der Waals surface area contributed by atoms with E-state index in [0.29, 0.717) is 44.6 Å². The van der Waals surface area contributed by atoms with Gasteiger partial charge in [0, 0.05) is 9.86 Å². The molecule has 5 rings (SSSR count). The zero-order valence-corrected chi connectivity index (χ0v) is 23.9. The largest absolute Gasteiger partial charge is 0.490 e. The van der Waals surface area contributed by atoms with Crippen molar-refractivity contribution in [1.82, 2.24) is 9.66 Å². The second-order valence-corrected chi connectivity index (χ2v) is 10.2. The van der Waals surface area contributed by atoms with Gasteiger partial charge < -0.3 is 19.0 Å². The van der Waals surface area contributed by atoms with Crippen molar-refractivity contribution in [2.75, 3.05) is 6.61 Å². The fourth-order valence-corrected chi connectivity index (χ4v) is 4.84. The van der Waals surface area contributed by atoms with Crippen LogP contribution >= 0.6 is 31.9 Å². The van der Waals surface area contributed by atoms with Crippen LogP contribution in [0.4, 0.5) is 0 Å². The molecule has 0 fully saturated rings. The molecule has 2 aromatic heterocycles. The number of nitrogens with zero attached hydrogens (tertiary/aromatic N) is 3. The Morgan fingerprint density at radius 1 is 1.18 bits per heavy atom. The molecule has 2 heterocycles. The number of rotatable bonds is 8. The molecule has 1 N–H and O–H groups in total. The smallest absolute Gasteiger partial charge is 0.344 e. The van der Waals surface area contributed by atoms with Crippen molar-refractivity contribution in [2.45, 2.75) is 20.0 Å². The summed E-state index contributed by atoms with van der Waals surface area (Å²) >= 11 is 6.90. The number of para-hydroxylation sites is 1. The summed E-state index contributed by atoms with van der Waals surface area (Å²) in [5.74, 6) is 0.0898. The molecule has 1 atom stereocenters. The molecule has 198 valence electrons. The topological polar surface area (TPSA) is 116 Å². The van der Waals surface area contributed by atoms with E-state index in [0.717, 1.165) is 9.86 Å². The highest BCUT2D eigenvalue weighted by molar-refractivity contribution is 9.10. The number of aromatic nitrogens is 2. The van der Waals surface area contributed by atoms with Crippen LogP contribution in [0.25, 0.3) is 33.5 Å². The van der Waals surface area contributed by atoms with Crippen molar-refractivity contribution >= 4 is 65.9 Å². The number of benzene rings is 3. The maximum atomic E-state index is 13.5. The fraction of sp³-hybridized carbons (Fsp3) is 0.143. The minimum atomic E-state index is -1.11. The Kier molecular flexibility index (Phi) is 7.53. The van der Waals surface area contributed by atoms with E-state index in [1.54, 1.807) is 37.3 Å². The third-order valence-electron chi connectivity index (χ3n) is 5.75. The molecule has 5 aromatic rings. The first-order valence-corrected chi connectivity index (χ1v) is 13.4. The molecule has 39 heavy (non-hydrogen) atoms. The van der Waals surface area contributed by atoms with E-state index in [9.17, 15) is 14.7 Å². The first kappa shape index (κ1) is 26.6. The maximum Gasteiger partial charge on any atom is 0.344 e. The molecule has 0 aliphatic rings. The number of aliphatic carboxylic acids is 1. The summed E-state index contributed by atoms with van der Waals surface area (Å²) in [5.41, 5.74) is 1.36. The number of hydrogen-bond donors (Lipinski definition) is 1. The Labute approximate surface area is 238 Å². The molecule has 9 nitrogen and oxygen atoms in total. The monoisotopic (exact) mass is 653 g/mol. The van der Waals surface area contributed by atoms with Crippen LogP contribution in [-0.4, -0.2) is 39.7 Å². The molecule has 0 aliphatic carbocycles. The van der Waals surface area contributed by atoms with Gasteiger partial charge in [0.25, 0.3) is 5.56 Å². The van der Waals surface area contributed by atoms with E-state index in [1.807, 2.05) is 30.3 Å². The zero-order valence-electron chi connectivity index (χ0n) is 20.7. The number of furan rings is 1. The standard InChI is InChI=1S/C28H21Br2N3O6/c1-3-37-23-11-16(10-20(30)25(23)38-15(2)28(35)36)14-31-33-26(32-21-7-5-4-6-19(21)27(33)34)24-13-17-12-18(29)8-9-22(17)39-24/h4-15H,3H2,1-2H3,(H,35,36)/t15-/m1/s1. The van der Waals surface area contributed by atoms with E-state index < -0.39 is 12.1 Å². The third-order valence-corrected chi connectivity index (χ3v) is 6.83. The molecule has 0 unspecified atom stereocenters.